The summed E-state index contributed by atoms with van der Waals surface area (Å²) in [6.45, 7) is 4.28. The number of anilines is 2. The number of fused-ring (bicyclic) bond motifs is 4. The van der Waals surface area contributed by atoms with Gasteiger partial charge in [0.05, 0.1) is 5.70 Å². The van der Waals surface area contributed by atoms with Crippen molar-refractivity contribution in [2.24, 2.45) is 0 Å². The molecule has 2 aliphatic carbocycles. The first kappa shape index (κ1) is 25.2. The predicted octanol–water partition coefficient (Wildman–Crippen LogP) is 9.61. The van der Waals surface area contributed by atoms with Crippen molar-refractivity contribution >= 4 is 55.6 Å². The first-order valence-electron chi connectivity index (χ1n) is 14.4. The number of ketones is 1. The molecule has 3 nitrogen and oxygen atoms in total. The van der Waals surface area contributed by atoms with Crippen LogP contribution in [0.4, 0.5) is 11.4 Å². The maximum absolute atomic E-state index is 13.4. The van der Waals surface area contributed by atoms with Gasteiger partial charge in [0.2, 0.25) is 0 Å². The zero-order valence-electron chi connectivity index (χ0n) is 23.4. The van der Waals surface area contributed by atoms with Gasteiger partial charge in [-0.1, -0.05) is 91.5 Å². The van der Waals surface area contributed by atoms with Crippen LogP contribution in [0.2, 0.25) is 0 Å². The molecule has 0 bridgehead atoms. The van der Waals surface area contributed by atoms with Gasteiger partial charge in [-0.3, -0.25) is 4.79 Å². The summed E-state index contributed by atoms with van der Waals surface area (Å²) >= 11 is 0. The molecule has 0 amide bonds. The third-order valence-corrected chi connectivity index (χ3v) is 8.55. The molecular weight excluding hydrogens is 526 g/mol. The molecule has 0 aromatic heterocycles. The maximum atomic E-state index is 13.4. The van der Waals surface area contributed by atoms with Crippen molar-refractivity contribution in [3.63, 3.8) is 0 Å². The highest BCUT2D eigenvalue weighted by molar-refractivity contribution is 6.18. The molecule has 1 atom stereocenters. The number of carbonyl (C=O) groups excluding carboxylic acids is 1. The third kappa shape index (κ3) is 4.21. The largest absolute Gasteiger partial charge is 0.383 e. The highest BCUT2D eigenvalue weighted by Crippen LogP contribution is 2.40. The summed E-state index contributed by atoms with van der Waals surface area (Å²) in [5, 5.41) is 17.7. The van der Waals surface area contributed by atoms with Gasteiger partial charge in [0.25, 0.3) is 0 Å². The topological polar surface area (TPSA) is 40.5 Å². The van der Waals surface area contributed by atoms with Crippen LogP contribution in [-0.4, -0.2) is 10.9 Å². The number of Topliss-reactive ketones (excluding diaryl/α,β-unsaturated/α-hetero) is 1. The third-order valence-electron chi connectivity index (χ3n) is 8.55. The molecule has 0 spiro atoms. The summed E-state index contributed by atoms with van der Waals surface area (Å²) in [7, 11) is 0. The average molecular weight is 554 g/mol. The standard InChI is InChI=1S/C40H27NO2/c1-25-7-6-12-38(25)41(33-17-15-27-8-2-3-9-28(27)21-33)34-18-16-31-19-26(13-14-32(31)22-34)20-37-39(42)35-23-29-10-4-5-11-30(29)24-36(35)40(37)43/h2-24,39,42H,1H2/b37-20+. The van der Waals surface area contributed by atoms with Crippen molar-refractivity contribution in [2.45, 2.75) is 6.10 Å². The van der Waals surface area contributed by atoms with Crippen LogP contribution >= 0.6 is 0 Å². The summed E-state index contributed by atoms with van der Waals surface area (Å²) in [6.07, 6.45) is 7.05. The molecule has 1 N–H and O–H groups in total. The molecule has 0 saturated heterocycles. The molecule has 0 fully saturated rings. The van der Waals surface area contributed by atoms with E-state index >= 15 is 0 Å². The van der Waals surface area contributed by atoms with Crippen LogP contribution in [0.15, 0.2) is 157 Å². The van der Waals surface area contributed by atoms with Crippen molar-refractivity contribution in [2.75, 3.05) is 4.90 Å². The van der Waals surface area contributed by atoms with Gasteiger partial charge in [-0.05, 0) is 104 Å². The lowest BCUT2D eigenvalue weighted by Gasteiger charge is -2.28. The van der Waals surface area contributed by atoms with Crippen molar-refractivity contribution in [3.8, 4) is 0 Å². The van der Waals surface area contributed by atoms with Gasteiger partial charge >= 0.3 is 0 Å². The van der Waals surface area contributed by atoms with Crippen LogP contribution in [0.25, 0.3) is 38.4 Å². The molecule has 0 heterocycles. The molecule has 0 aliphatic heterocycles. The van der Waals surface area contributed by atoms with E-state index in [0.717, 1.165) is 49.8 Å². The van der Waals surface area contributed by atoms with E-state index in [2.05, 4.69) is 90.4 Å². The number of aliphatic hydroxyl groups is 1. The predicted molar refractivity (Wildman–Crippen MR) is 178 cm³/mol. The summed E-state index contributed by atoms with van der Waals surface area (Å²) < 4.78 is 0. The van der Waals surface area contributed by atoms with Crippen molar-refractivity contribution in [1.29, 1.82) is 0 Å². The van der Waals surface area contributed by atoms with Crippen molar-refractivity contribution in [1.82, 2.24) is 0 Å². The monoisotopic (exact) mass is 553 g/mol. The molecule has 8 rings (SSSR count). The lowest BCUT2D eigenvalue weighted by atomic mass is 10.0. The van der Waals surface area contributed by atoms with E-state index in [9.17, 15) is 9.90 Å². The number of nitrogens with zero attached hydrogens (tertiary/aromatic N) is 1. The van der Waals surface area contributed by atoms with Gasteiger partial charge in [0, 0.05) is 22.5 Å². The lowest BCUT2D eigenvalue weighted by Crippen LogP contribution is -2.16. The van der Waals surface area contributed by atoms with E-state index in [0.29, 0.717) is 16.7 Å². The number of rotatable bonds is 4. The van der Waals surface area contributed by atoms with Crippen LogP contribution < -0.4 is 4.90 Å². The van der Waals surface area contributed by atoms with Crippen molar-refractivity contribution < 1.29 is 9.90 Å². The molecule has 6 aromatic rings. The summed E-state index contributed by atoms with van der Waals surface area (Å²) in [4.78, 5) is 15.6. The minimum absolute atomic E-state index is 0.117. The van der Waals surface area contributed by atoms with E-state index in [1.165, 1.54) is 10.8 Å². The Kier molecular flexibility index (Phi) is 5.75. The van der Waals surface area contributed by atoms with Gasteiger partial charge in [-0.2, -0.15) is 0 Å². The van der Waals surface area contributed by atoms with Crippen LogP contribution in [0.3, 0.4) is 0 Å². The minimum atomic E-state index is -0.943. The molecule has 0 radical (unpaired) electrons. The van der Waals surface area contributed by atoms with Crippen molar-refractivity contribution in [3.05, 3.63) is 174 Å². The SMILES string of the molecule is C=C1C=CC=C1N(c1ccc2ccccc2c1)c1ccc2cc(/C=C3/C(=O)c4cc5ccccc5cc4C3O)ccc2c1. The Morgan fingerprint density at radius 2 is 1.26 bits per heavy atom. The summed E-state index contributed by atoms with van der Waals surface area (Å²) in [5.74, 6) is -0.117. The molecule has 43 heavy (non-hydrogen) atoms. The van der Waals surface area contributed by atoms with E-state index in [1.807, 2.05) is 60.7 Å². The van der Waals surface area contributed by atoms with Crippen LogP contribution in [0.1, 0.15) is 27.6 Å². The Bertz CT molecular complexity index is 2250. The first-order chi connectivity index (χ1) is 21.0. The summed E-state index contributed by atoms with van der Waals surface area (Å²) in [5.41, 5.74) is 6.64. The molecule has 1 unspecified atom stereocenters. The number of aliphatic hydroxyl groups excluding tert-OH is 1. The first-order valence-corrected chi connectivity index (χ1v) is 14.4. The molecule has 204 valence electrons. The highest BCUT2D eigenvalue weighted by atomic mass is 16.3. The zero-order chi connectivity index (χ0) is 29.1. The molecule has 3 heteroatoms. The van der Waals surface area contributed by atoms with Gasteiger partial charge in [-0.25, -0.2) is 0 Å². The second-order valence-electron chi connectivity index (χ2n) is 11.2. The minimum Gasteiger partial charge on any atom is -0.383 e. The Morgan fingerprint density at radius 3 is 1.95 bits per heavy atom. The number of hydrogen-bond acceptors (Lipinski definition) is 3. The quantitative estimate of drug-likeness (QED) is 0.221. The Hall–Kier alpha value is -5.51. The van der Waals surface area contributed by atoms with Gasteiger partial charge in [0.1, 0.15) is 6.10 Å². The van der Waals surface area contributed by atoms with Gasteiger partial charge < -0.3 is 10.0 Å². The number of hydrogen-bond donors (Lipinski definition) is 1. The Labute approximate surface area is 249 Å². The Balaban J connectivity index is 1.17. The van der Waals surface area contributed by atoms with Crippen LogP contribution in [-0.2, 0) is 0 Å². The van der Waals surface area contributed by atoms with Gasteiger partial charge in [0.15, 0.2) is 5.78 Å². The summed E-state index contributed by atoms with van der Waals surface area (Å²) in [6, 6.07) is 39.2. The molecule has 2 aliphatic rings. The van der Waals surface area contributed by atoms with E-state index in [1.54, 1.807) is 0 Å². The smallest absolute Gasteiger partial charge is 0.192 e. The lowest BCUT2D eigenvalue weighted by molar-refractivity contribution is 0.102. The zero-order valence-corrected chi connectivity index (χ0v) is 23.4. The van der Waals surface area contributed by atoms with Crippen LogP contribution in [0.5, 0.6) is 0 Å². The molecule has 0 saturated carbocycles. The normalized spacial score (nSPS) is 16.9. The second kappa shape index (κ2) is 9.80. The van der Waals surface area contributed by atoms with Gasteiger partial charge in [-0.15, -0.1) is 0 Å². The highest BCUT2D eigenvalue weighted by Gasteiger charge is 2.33. The fraction of sp³-hybridized carbons (Fsp3) is 0.0250. The fourth-order valence-corrected chi connectivity index (χ4v) is 6.34. The van der Waals surface area contributed by atoms with E-state index in [4.69, 9.17) is 0 Å². The molecular formula is C40H27NO2. The van der Waals surface area contributed by atoms with E-state index < -0.39 is 6.10 Å². The average Bonchev–Trinajstić information content (AvgIpc) is 3.56. The van der Waals surface area contributed by atoms with Crippen LogP contribution in [0, 0.1) is 0 Å². The maximum Gasteiger partial charge on any atom is 0.192 e. The second-order valence-corrected chi connectivity index (χ2v) is 11.2. The number of benzene rings is 6. The molecule has 6 aromatic carbocycles. The fourth-order valence-electron chi connectivity index (χ4n) is 6.34. The number of carbonyl (C=O) groups is 1. The number of allylic oxidation sites excluding steroid dienone is 3. The Morgan fingerprint density at radius 1 is 0.674 bits per heavy atom. The van der Waals surface area contributed by atoms with E-state index in [-0.39, 0.29) is 5.78 Å².